The van der Waals surface area contributed by atoms with Gasteiger partial charge in [0.15, 0.2) is 0 Å². The Morgan fingerprint density at radius 3 is 0.625 bits per heavy atom. The molecule has 0 aromatic carbocycles. The van der Waals surface area contributed by atoms with Gasteiger partial charge >= 0.3 is 0 Å². The van der Waals surface area contributed by atoms with E-state index in [-0.39, 0.29) is 0 Å². The monoisotopic (exact) mass is 567 g/mol. The van der Waals surface area contributed by atoms with Crippen LogP contribution in [0.15, 0.2) is 13.2 Å². The molecule has 2 heteroatoms. The van der Waals surface area contributed by atoms with Gasteiger partial charge in [0.2, 0.25) is 0 Å². The second-order valence-electron chi connectivity index (χ2n) is 12.3. The van der Waals surface area contributed by atoms with Crippen LogP contribution >= 0.6 is 0 Å². The van der Waals surface area contributed by atoms with Crippen molar-refractivity contribution in [3.8, 4) is 0 Å². The molecular weight excluding hydrogens is 488 g/mol. The first-order chi connectivity index (χ1) is 19.9. The summed E-state index contributed by atoms with van der Waals surface area (Å²) in [4.78, 5) is 0. The molecule has 1 saturated heterocycles. The van der Waals surface area contributed by atoms with Crippen molar-refractivity contribution in [2.24, 2.45) is 0 Å². The molecule has 0 radical (unpaired) electrons. The number of hydrogen-bond donors (Lipinski definition) is 1. The van der Waals surface area contributed by atoms with Crippen LogP contribution in [-0.2, 0) is 4.74 Å². The fraction of sp³-hybridized carbons (Fsp3) is 0.947. The first kappa shape index (κ1) is 41.8. The standard InChI is InChI=1S/C34H70O.C2H4O.C2H4/c1-2-3-4-5-6-7-8-9-10-11-12-13-14-15-16-17-18-19-20-21-22-23-24-25-26-27-28-29-30-31-32-33-34-35;1-2-3-1;1-2/h35H,2-34H2,1H3;1-2H2;1-2H2. The molecule has 1 aliphatic rings. The van der Waals surface area contributed by atoms with Crippen LogP contribution < -0.4 is 0 Å². The quantitative estimate of drug-likeness (QED) is 0.0499. The van der Waals surface area contributed by atoms with Crippen molar-refractivity contribution in [2.45, 2.75) is 212 Å². The maximum Gasteiger partial charge on any atom is 0.0701 e. The van der Waals surface area contributed by atoms with E-state index in [1.54, 1.807) is 0 Å². The van der Waals surface area contributed by atoms with Crippen LogP contribution in [0.4, 0.5) is 0 Å². The van der Waals surface area contributed by atoms with Crippen molar-refractivity contribution < 1.29 is 9.84 Å². The van der Waals surface area contributed by atoms with Gasteiger partial charge in [-0.05, 0) is 6.42 Å². The summed E-state index contributed by atoms with van der Waals surface area (Å²) in [7, 11) is 0. The summed E-state index contributed by atoms with van der Waals surface area (Å²) in [6, 6.07) is 0. The predicted octanol–water partition coefficient (Wildman–Crippen LogP) is 13.3. The van der Waals surface area contributed by atoms with Crippen molar-refractivity contribution in [1.82, 2.24) is 0 Å². The Bertz CT molecular complexity index is 360. The molecule has 0 aromatic heterocycles. The van der Waals surface area contributed by atoms with E-state index in [9.17, 15) is 0 Å². The van der Waals surface area contributed by atoms with E-state index >= 15 is 0 Å². The molecule has 0 bridgehead atoms. The zero-order valence-corrected chi connectivity index (χ0v) is 28.0. The van der Waals surface area contributed by atoms with E-state index in [2.05, 4.69) is 24.8 Å². The van der Waals surface area contributed by atoms with Gasteiger partial charge in [0.1, 0.15) is 0 Å². The van der Waals surface area contributed by atoms with E-state index in [1.807, 2.05) is 0 Å². The summed E-state index contributed by atoms with van der Waals surface area (Å²) < 4.78 is 4.50. The highest BCUT2D eigenvalue weighted by atomic mass is 16.6. The molecule has 40 heavy (non-hydrogen) atoms. The minimum atomic E-state index is 0.375. The first-order valence-corrected chi connectivity index (χ1v) is 18.6. The number of unbranched alkanes of at least 4 members (excludes halogenated alkanes) is 31. The van der Waals surface area contributed by atoms with Crippen LogP contribution in [0.5, 0.6) is 0 Å². The van der Waals surface area contributed by atoms with E-state index in [1.165, 1.54) is 199 Å². The number of epoxide rings is 1. The maximum atomic E-state index is 8.78. The minimum Gasteiger partial charge on any atom is -0.396 e. The van der Waals surface area contributed by atoms with Gasteiger partial charge in [-0.2, -0.15) is 0 Å². The van der Waals surface area contributed by atoms with Crippen LogP contribution in [-0.4, -0.2) is 24.9 Å². The van der Waals surface area contributed by atoms with Gasteiger partial charge in [-0.1, -0.05) is 206 Å². The van der Waals surface area contributed by atoms with Crippen molar-refractivity contribution in [2.75, 3.05) is 19.8 Å². The van der Waals surface area contributed by atoms with Gasteiger partial charge in [0.05, 0.1) is 13.2 Å². The number of hydrogen-bond acceptors (Lipinski definition) is 2. The van der Waals surface area contributed by atoms with Crippen molar-refractivity contribution in [1.29, 1.82) is 0 Å². The lowest BCUT2D eigenvalue weighted by Gasteiger charge is -2.04. The molecule has 242 valence electrons. The van der Waals surface area contributed by atoms with Crippen molar-refractivity contribution in [3.05, 3.63) is 13.2 Å². The van der Waals surface area contributed by atoms with Crippen molar-refractivity contribution >= 4 is 0 Å². The number of rotatable bonds is 32. The third-order valence-corrected chi connectivity index (χ3v) is 8.22. The van der Waals surface area contributed by atoms with Crippen LogP contribution in [0.1, 0.15) is 212 Å². The largest absolute Gasteiger partial charge is 0.396 e. The van der Waals surface area contributed by atoms with E-state index < -0.39 is 0 Å². The SMILES string of the molecule is C1CO1.C=C.CCCCCCCCCCCCCCCCCCCCCCCCCCCCCCCCCCO. The molecule has 1 rings (SSSR count). The predicted molar refractivity (Wildman–Crippen MR) is 183 cm³/mol. The molecule has 1 heterocycles. The zero-order valence-electron chi connectivity index (χ0n) is 28.0. The first-order valence-electron chi connectivity index (χ1n) is 18.6. The Balaban J connectivity index is 0. The molecule has 0 unspecified atom stereocenters. The van der Waals surface area contributed by atoms with Gasteiger partial charge in [0, 0.05) is 6.61 Å². The average Bonchev–Trinajstić information content (AvgIpc) is 3.87. The molecule has 0 atom stereocenters. The lowest BCUT2D eigenvalue weighted by Crippen LogP contribution is -1.85. The van der Waals surface area contributed by atoms with Crippen LogP contribution in [0.25, 0.3) is 0 Å². The Morgan fingerprint density at radius 1 is 0.350 bits per heavy atom. The van der Waals surface area contributed by atoms with E-state index in [4.69, 9.17) is 5.11 Å². The third-order valence-electron chi connectivity index (χ3n) is 8.22. The second kappa shape index (κ2) is 43.1. The van der Waals surface area contributed by atoms with Gasteiger partial charge in [0.25, 0.3) is 0 Å². The highest BCUT2D eigenvalue weighted by molar-refractivity contribution is 4.52. The zero-order chi connectivity index (χ0) is 29.5. The summed E-state index contributed by atoms with van der Waals surface area (Å²) in [6.45, 7) is 10.7. The molecule has 0 amide bonds. The topological polar surface area (TPSA) is 32.8 Å². The van der Waals surface area contributed by atoms with E-state index in [0.717, 1.165) is 19.6 Å². The molecular formula is C38H78O2. The molecule has 2 nitrogen and oxygen atoms in total. The van der Waals surface area contributed by atoms with Crippen molar-refractivity contribution in [3.63, 3.8) is 0 Å². The molecule has 0 aromatic rings. The Hall–Kier alpha value is -0.340. The highest BCUT2D eigenvalue weighted by Crippen LogP contribution is 2.16. The van der Waals surface area contributed by atoms with E-state index in [0.29, 0.717) is 6.61 Å². The summed E-state index contributed by atoms with van der Waals surface area (Å²) in [5.41, 5.74) is 0. The number of ether oxygens (including phenoxy) is 1. The average molecular weight is 567 g/mol. The summed E-state index contributed by atoms with van der Waals surface area (Å²) in [5.74, 6) is 0. The Labute approximate surface area is 254 Å². The summed E-state index contributed by atoms with van der Waals surface area (Å²) >= 11 is 0. The smallest absolute Gasteiger partial charge is 0.0701 e. The third kappa shape index (κ3) is 47.4. The van der Waals surface area contributed by atoms with Gasteiger partial charge in [-0.25, -0.2) is 0 Å². The maximum absolute atomic E-state index is 8.78. The Kier molecular flexibility index (Phi) is 45.1. The summed E-state index contributed by atoms with van der Waals surface area (Å²) in [5, 5.41) is 8.78. The Morgan fingerprint density at radius 2 is 0.500 bits per heavy atom. The fourth-order valence-corrected chi connectivity index (χ4v) is 5.49. The van der Waals surface area contributed by atoms with Crippen LogP contribution in [0.3, 0.4) is 0 Å². The van der Waals surface area contributed by atoms with Gasteiger partial charge in [-0.3, -0.25) is 0 Å². The fourth-order valence-electron chi connectivity index (χ4n) is 5.49. The van der Waals surface area contributed by atoms with Gasteiger partial charge < -0.3 is 9.84 Å². The number of aliphatic hydroxyl groups excluding tert-OH is 1. The molecule has 0 saturated carbocycles. The normalized spacial score (nSPS) is 11.9. The molecule has 1 aliphatic heterocycles. The highest BCUT2D eigenvalue weighted by Gasteiger charge is 1.97. The molecule has 0 aliphatic carbocycles. The molecule has 1 fully saturated rings. The second-order valence-corrected chi connectivity index (χ2v) is 12.3. The minimum absolute atomic E-state index is 0.375. The molecule has 0 spiro atoms. The lowest BCUT2D eigenvalue weighted by atomic mass is 10.0. The van der Waals surface area contributed by atoms with Crippen LogP contribution in [0.2, 0.25) is 0 Å². The number of aliphatic hydroxyl groups is 1. The molecule has 1 N–H and O–H groups in total. The lowest BCUT2D eigenvalue weighted by molar-refractivity contribution is 0.282. The van der Waals surface area contributed by atoms with Crippen LogP contribution in [0, 0.1) is 0 Å². The summed E-state index contributed by atoms with van der Waals surface area (Å²) in [6.07, 6.45) is 46.0. The van der Waals surface area contributed by atoms with Gasteiger partial charge in [-0.15, -0.1) is 13.2 Å².